The highest BCUT2D eigenvalue weighted by Crippen LogP contribution is 2.25. The third-order valence-electron chi connectivity index (χ3n) is 3.26. The lowest BCUT2D eigenvalue weighted by atomic mass is 10.1. The molecule has 5 heteroatoms. The number of anilines is 2. The lowest BCUT2D eigenvalue weighted by Gasteiger charge is -2.16. The van der Waals surface area contributed by atoms with Crippen molar-refractivity contribution in [3.05, 3.63) is 11.9 Å². The summed E-state index contributed by atoms with van der Waals surface area (Å²) in [5, 5.41) is 16.0. The maximum atomic E-state index is 9.74. The Morgan fingerprint density at radius 1 is 1.35 bits per heavy atom. The average molecular weight is 236 g/mol. The highest BCUT2D eigenvalue weighted by atomic mass is 16.3. The van der Waals surface area contributed by atoms with Crippen LogP contribution in [0.2, 0.25) is 0 Å². The Morgan fingerprint density at radius 3 is 2.76 bits per heavy atom. The molecule has 2 unspecified atom stereocenters. The van der Waals surface area contributed by atoms with Gasteiger partial charge in [-0.1, -0.05) is 6.42 Å². The van der Waals surface area contributed by atoms with E-state index in [0.29, 0.717) is 5.92 Å². The molecule has 0 amide bonds. The number of nitrogens with zero attached hydrogens (tertiary/aromatic N) is 2. The zero-order valence-electron chi connectivity index (χ0n) is 10.4. The van der Waals surface area contributed by atoms with Crippen LogP contribution in [0, 0.1) is 12.8 Å². The molecule has 1 aromatic heterocycles. The molecule has 0 spiro atoms. The van der Waals surface area contributed by atoms with E-state index in [1.807, 2.05) is 20.0 Å². The molecule has 2 atom stereocenters. The predicted octanol–water partition coefficient (Wildman–Crippen LogP) is 1.40. The number of aliphatic hydroxyl groups is 1. The van der Waals surface area contributed by atoms with Crippen molar-refractivity contribution in [3.8, 4) is 0 Å². The molecule has 1 aliphatic rings. The second kappa shape index (κ2) is 5.31. The van der Waals surface area contributed by atoms with Crippen LogP contribution >= 0.6 is 0 Å². The van der Waals surface area contributed by atoms with Crippen LogP contribution in [0.3, 0.4) is 0 Å². The summed E-state index contributed by atoms with van der Waals surface area (Å²) in [6.07, 6.45) is 2.99. The van der Waals surface area contributed by atoms with E-state index < -0.39 is 0 Å². The van der Waals surface area contributed by atoms with Crippen LogP contribution in [0.15, 0.2) is 6.07 Å². The summed E-state index contributed by atoms with van der Waals surface area (Å²) in [5.74, 6) is 2.72. The third kappa shape index (κ3) is 3.06. The van der Waals surface area contributed by atoms with Gasteiger partial charge in [-0.15, -0.1) is 0 Å². The van der Waals surface area contributed by atoms with Crippen LogP contribution in [-0.4, -0.2) is 34.8 Å². The van der Waals surface area contributed by atoms with E-state index in [4.69, 9.17) is 0 Å². The van der Waals surface area contributed by atoms with Crippen LogP contribution in [0.25, 0.3) is 0 Å². The van der Waals surface area contributed by atoms with Crippen LogP contribution < -0.4 is 10.6 Å². The lowest BCUT2D eigenvalue weighted by molar-refractivity contribution is 0.138. The molecule has 1 fully saturated rings. The summed E-state index contributed by atoms with van der Waals surface area (Å²) in [4.78, 5) is 8.56. The molecule has 1 heterocycles. The molecule has 0 saturated heterocycles. The molecular formula is C12H20N4O. The van der Waals surface area contributed by atoms with Gasteiger partial charge in [0.15, 0.2) is 0 Å². The Balaban J connectivity index is 1.96. The normalized spacial score (nSPS) is 23.7. The highest BCUT2D eigenvalue weighted by molar-refractivity contribution is 5.47. The molecule has 2 rings (SSSR count). The van der Waals surface area contributed by atoms with E-state index in [-0.39, 0.29) is 6.10 Å². The van der Waals surface area contributed by atoms with Gasteiger partial charge in [-0.05, 0) is 19.8 Å². The van der Waals surface area contributed by atoms with Gasteiger partial charge in [0, 0.05) is 25.6 Å². The molecule has 0 aromatic carbocycles. The summed E-state index contributed by atoms with van der Waals surface area (Å²) >= 11 is 0. The topological polar surface area (TPSA) is 70.1 Å². The van der Waals surface area contributed by atoms with E-state index in [0.717, 1.165) is 43.3 Å². The number of hydrogen-bond donors (Lipinski definition) is 3. The fourth-order valence-electron chi connectivity index (χ4n) is 2.28. The second-order valence-corrected chi connectivity index (χ2v) is 4.57. The maximum absolute atomic E-state index is 9.74. The van der Waals surface area contributed by atoms with E-state index >= 15 is 0 Å². The Morgan fingerprint density at radius 2 is 2.12 bits per heavy atom. The highest BCUT2D eigenvalue weighted by Gasteiger charge is 2.24. The number of aryl methyl sites for hydroxylation is 1. The van der Waals surface area contributed by atoms with Gasteiger partial charge in [-0.3, -0.25) is 0 Å². The van der Waals surface area contributed by atoms with Crippen molar-refractivity contribution in [2.24, 2.45) is 5.92 Å². The van der Waals surface area contributed by atoms with Gasteiger partial charge in [-0.25, -0.2) is 9.97 Å². The number of hydrogen-bond acceptors (Lipinski definition) is 5. The van der Waals surface area contributed by atoms with E-state index in [1.165, 1.54) is 0 Å². The average Bonchev–Trinajstić information content (AvgIpc) is 2.71. The molecule has 1 aromatic rings. The summed E-state index contributed by atoms with van der Waals surface area (Å²) in [6.45, 7) is 2.65. The zero-order valence-corrected chi connectivity index (χ0v) is 10.4. The van der Waals surface area contributed by atoms with Gasteiger partial charge in [0.1, 0.15) is 17.5 Å². The zero-order chi connectivity index (χ0) is 12.3. The molecular weight excluding hydrogens is 216 g/mol. The summed E-state index contributed by atoms with van der Waals surface area (Å²) in [7, 11) is 1.84. The van der Waals surface area contributed by atoms with Crippen LogP contribution in [0.4, 0.5) is 11.6 Å². The summed E-state index contributed by atoms with van der Waals surface area (Å²) < 4.78 is 0. The van der Waals surface area contributed by atoms with Crippen molar-refractivity contribution >= 4 is 11.6 Å². The smallest absolute Gasteiger partial charge is 0.131 e. The molecule has 1 saturated carbocycles. The second-order valence-electron chi connectivity index (χ2n) is 4.57. The van der Waals surface area contributed by atoms with Gasteiger partial charge in [0.2, 0.25) is 0 Å². The first-order valence-corrected chi connectivity index (χ1v) is 6.14. The molecule has 0 bridgehead atoms. The van der Waals surface area contributed by atoms with E-state index in [2.05, 4.69) is 20.6 Å². The molecule has 0 aliphatic heterocycles. The first-order valence-electron chi connectivity index (χ1n) is 6.14. The first-order chi connectivity index (χ1) is 8.19. The van der Waals surface area contributed by atoms with Gasteiger partial charge >= 0.3 is 0 Å². The summed E-state index contributed by atoms with van der Waals surface area (Å²) in [5.41, 5.74) is 0. The van der Waals surface area contributed by atoms with Crippen molar-refractivity contribution in [3.63, 3.8) is 0 Å². The van der Waals surface area contributed by atoms with Crippen molar-refractivity contribution < 1.29 is 5.11 Å². The fourth-order valence-corrected chi connectivity index (χ4v) is 2.28. The fraction of sp³-hybridized carbons (Fsp3) is 0.667. The van der Waals surface area contributed by atoms with Crippen molar-refractivity contribution in [2.75, 3.05) is 24.2 Å². The minimum absolute atomic E-state index is 0.158. The Kier molecular flexibility index (Phi) is 3.78. The first kappa shape index (κ1) is 12.1. The number of rotatable bonds is 4. The van der Waals surface area contributed by atoms with E-state index in [9.17, 15) is 5.11 Å². The minimum atomic E-state index is -0.158. The number of aliphatic hydroxyl groups excluding tert-OH is 1. The van der Waals surface area contributed by atoms with Crippen LogP contribution in [0.5, 0.6) is 0 Å². The van der Waals surface area contributed by atoms with Gasteiger partial charge in [0.05, 0.1) is 6.10 Å². The Labute approximate surface area is 102 Å². The van der Waals surface area contributed by atoms with Crippen LogP contribution in [-0.2, 0) is 0 Å². The van der Waals surface area contributed by atoms with E-state index in [1.54, 1.807) is 0 Å². The Hall–Kier alpha value is -1.36. The molecule has 3 N–H and O–H groups in total. The largest absolute Gasteiger partial charge is 0.393 e. The van der Waals surface area contributed by atoms with Crippen molar-refractivity contribution in [2.45, 2.75) is 32.3 Å². The van der Waals surface area contributed by atoms with Gasteiger partial charge in [0.25, 0.3) is 0 Å². The number of nitrogens with one attached hydrogen (secondary N) is 2. The minimum Gasteiger partial charge on any atom is -0.393 e. The van der Waals surface area contributed by atoms with Gasteiger partial charge in [-0.2, -0.15) is 0 Å². The molecule has 17 heavy (non-hydrogen) atoms. The maximum Gasteiger partial charge on any atom is 0.131 e. The lowest BCUT2D eigenvalue weighted by Crippen LogP contribution is -2.22. The summed E-state index contributed by atoms with van der Waals surface area (Å²) in [6, 6.07) is 1.88. The van der Waals surface area contributed by atoms with Crippen LogP contribution in [0.1, 0.15) is 25.1 Å². The quantitative estimate of drug-likeness (QED) is 0.737. The standard InChI is InChI=1S/C12H20N4O/c1-8-15-11(13-2)6-12(16-8)14-7-9-4-3-5-10(9)17/h6,9-10,17H,3-5,7H2,1-2H3,(H2,13,14,15,16). The van der Waals surface area contributed by atoms with Gasteiger partial charge < -0.3 is 15.7 Å². The molecule has 1 aliphatic carbocycles. The molecule has 0 radical (unpaired) electrons. The van der Waals surface area contributed by atoms with Crippen molar-refractivity contribution in [1.82, 2.24) is 9.97 Å². The molecule has 5 nitrogen and oxygen atoms in total. The van der Waals surface area contributed by atoms with Crippen molar-refractivity contribution in [1.29, 1.82) is 0 Å². The monoisotopic (exact) mass is 236 g/mol. The SMILES string of the molecule is CNc1cc(NCC2CCCC2O)nc(C)n1. The predicted molar refractivity (Wildman–Crippen MR) is 68.2 cm³/mol. The molecule has 94 valence electrons. The number of aromatic nitrogens is 2. The third-order valence-corrected chi connectivity index (χ3v) is 3.26. The Bertz CT molecular complexity index is 383.